The molecule has 0 aliphatic heterocycles. The molecule has 0 aliphatic carbocycles. The smallest absolute Gasteiger partial charge is 0.143 e. The Morgan fingerprint density at radius 1 is 1.35 bits per heavy atom. The van der Waals surface area contributed by atoms with E-state index in [1.807, 2.05) is 24.3 Å². The largest absolute Gasteiger partial charge is 0.497 e. The van der Waals surface area contributed by atoms with Crippen LogP contribution in [0.1, 0.15) is 32.6 Å². The van der Waals surface area contributed by atoms with Crippen LogP contribution < -0.4 is 4.74 Å². The van der Waals surface area contributed by atoms with Gasteiger partial charge in [-0.05, 0) is 24.6 Å². The Bertz CT molecular complexity index is 350. The van der Waals surface area contributed by atoms with Crippen LogP contribution >= 0.6 is 11.8 Å². The van der Waals surface area contributed by atoms with Crippen LogP contribution in [0, 0.1) is 0 Å². The second-order valence-corrected chi connectivity index (χ2v) is 5.01. The molecule has 0 aliphatic rings. The average molecular weight is 252 g/mol. The lowest BCUT2D eigenvalue weighted by Crippen LogP contribution is -2.00. The molecule has 0 spiro atoms. The monoisotopic (exact) mass is 252 g/mol. The Balaban J connectivity index is 2.31. The summed E-state index contributed by atoms with van der Waals surface area (Å²) in [6.45, 7) is 2.15. The third kappa shape index (κ3) is 5.78. The third-order valence-corrected chi connectivity index (χ3v) is 3.55. The maximum absolute atomic E-state index is 11.6. The van der Waals surface area contributed by atoms with Gasteiger partial charge in [-0.15, -0.1) is 11.8 Å². The fourth-order valence-electron chi connectivity index (χ4n) is 1.50. The van der Waals surface area contributed by atoms with Crippen molar-refractivity contribution >= 4 is 17.5 Å². The number of thioether (sulfide) groups is 1. The van der Waals surface area contributed by atoms with Gasteiger partial charge >= 0.3 is 0 Å². The van der Waals surface area contributed by atoms with Crippen molar-refractivity contribution in [1.82, 2.24) is 0 Å². The van der Waals surface area contributed by atoms with Crippen LogP contribution in [0.5, 0.6) is 5.75 Å². The summed E-state index contributed by atoms with van der Waals surface area (Å²) in [6, 6.07) is 7.83. The first kappa shape index (κ1) is 14.1. The molecule has 0 N–H and O–H groups in total. The van der Waals surface area contributed by atoms with E-state index >= 15 is 0 Å². The number of ether oxygens (including phenoxy) is 1. The topological polar surface area (TPSA) is 26.3 Å². The van der Waals surface area contributed by atoms with Crippen molar-refractivity contribution in [3.05, 3.63) is 24.3 Å². The highest BCUT2D eigenvalue weighted by atomic mass is 32.2. The summed E-state index contributed by atoms with van der Waals surface area (Å²) in [5.74, 6) is 1.75. The predicted octanol–water partition coefficient (Wildman–Crippen LogP) is 3.94. The molecule has 0 bridgehead atoms. The number of rotatable bonds is 8. The minimum atomic E-state index is 0.339. The van der Waals surface area contributed by atoms with E-state index in [0.29, 0.717) is 18.0 Å². The van der Waals surface area contributed by atoms with Crippen molar-refractivity contribution in [2.45, 2.75) is 37.5 Å². The molecule has 0 atom stereocenters. The van der Waals surface area contributed by atoms with E-state index in [2.05, 4.69) is 6.92 Å². The molecule has 17 heavy (non-hydrogen) atoms. The molecule has 1 rings (SSSR count). The molecule has 0 unspecified atom stereocenters. The molecular formula is C14H20O2S. The van der Waals surface area contributed by atoms with Crippen molar-refractivity contribution in [2.75, 3.05) is 12.9 Å². The second kappa shape index (κ2) is 8.18. The van der Waals surface area contributed by atoms with Gasteiger partial charge in [0, 0.05) is 11.3 Å². The van der Waals surface area contributed by atoms with Gasteiger partial charge in [0.1, 0.15) is 11.5 Å². The Morgan fingerprint density at radius 2 is 2.18 bits per heavy atom. The van der Waals surface area contributed by atoms with Gasteiger partial charge < -0.3 is 4.74 Å². The maximum atomic E-state index is 11.6. The Labute approximate surface area is 108 Å². The lowest BCUT2D eigenvalue weighted by Gasteiger charge is -2.04. The van der Waals surface area contributed by atoms with Crippen LogP contribution in [0.3, 0.4) is 0 Å². The minimum absolute atomic E-state index is 0.339. The zero-order valence-corrected chi connectivity index (χ0v) is 11.4. The number of unbranched alkanes of at least 4 members (excludes halogenated alkanes) is 2. The Kier molecular flexibility index (Phi) is 6.78. The number of Topliss-reactive ketones (excluding diaryl/α,β-unsaturated/α-hetero) is 1. The SMILES string of the molecule is CCCCCC(=O)CSc1cccc(OC)c1. The highest BCUT2D eigenvalue weighted by Gasteiger charge is 2.03. The van der Waals surface area contributed by atoms with E-state index in [-0.39, 0.29) is 0 Å². The van der Waals surface area contributed by atoms with Crippen molar-refractivity contribution in [2.24, 2.45) is 0 Å². The third-order valence-electron chi connectivity index (χ3n) is 2.50. The average Bonchev–Trinajstić information content (AvgIpc) is 2.37. The van der Waals surface area contributed by atoms with Crippen molar-refractivity contribution < 1.29 is 9.53 Å². The Morgan fingerprint density at radius 3 is 2.88 bits per heavy atom. The number of carbonyl (C=O) groups excluding carboxylic acids is 1. The lowest BCUT2D eigenvalue weighted by atomic mass is 10.2. The molecule has 0 aromatic heterocycles. The summed E-state index contributed by atoms with van der Waals surface area (Å²) in [5.41, 5.74) is 0. The molecule has 1 aromatic rings. The molecule has 1 aromatic carbocycles. The highest BCUT2D eigenvalue weighted by molar-refractivity contribution is 8.00. The zero-order valence-electron chi connectivity index (χ0n) is 10.6. The molecule has 3 heteroatoms. The standard InChI is InChI=1S/C14H20O2S/c1-3-4-5-7-12(15)11-17-14-9-6-8-13(10-14)16-2/h6,8-10H,3-5,7,11H2,1-2H3. The van der Waals surface area contributed by atoms with Gasteiger partial charge in [0.15, 0.2) is 0 Å². The van der Waals surface area contributed by atoms with Gasteiger partial charge in [0.25, 0.3) is 0 Å². The van der Waals surface area contributed by atoms with Crippen molar-refractivity contribution in [3.63, 3.8) is 0 Å². The maximum Gasteiger partial charge on any atom is 0.143 e. The van der Waals surface area contributed by atoms with Crippen molar-refractivity contribution in [1.29, 1.82) is 0 Å². The Hall–Kier alpha value is -0.960. The summed E-state index contributed by atoms with van der Waals surface area (Å²) in [4.78, 5) is 12.7. The van der Waals surface area contributed by atoms with Crippen LogP contribution in [-0.4, -0.2) is 18.6 Å². The number of methoxy groups -OCH3 is 1. The summed E-state index contributed by atoms with van der Waals surface area (Å²) in [6.07, 6.45) is 4.05. The molecule has 0 fully saturated rings. The minimum Gasteiger partial charge on any atom is -0.497 e. The molecule has 0 amide bonds. The van der Waals surface area contributed by atoms with Crippen molar-refractivity contribution in [3.8, 4) is 5.75 Å². The number of hydrogen-bond acceptors (Lipinski definition) is 3. The van der Waals surface area contributed by atoms with Gasteiger partial charge in [0.2, 0.25) is 0 Å². The van der Waals surface area contributed by atoms with Gasteiger partial charge in [-0.3, -0.25) is 4.79 Å². The van der Waals surface area contributed by atoms with Gasteiger partial charge in [-0.1, -0.05) is 25.8 Å². The van der Waals surface area contributed by atoms with E-state index in [9.17, 15) is 4.79 Å². The number of benzene rings is 1. The normalized spacial score (nSPS) is 10.2. The number of hydrogen-bond donors (Lipinski definition) is 0. The molecule has 2 nitrogen and oxygen atoms in total. The predicted molar refractivity (Wildman–Crippen MR) is 72.9 cm³/mol. The summed E-state index contributed by atoms with van der Waals surface area (Å²) < 4.78 is 5.14. The molecule has 0 saturated heterocycles. The van der Waals surface area contributed by atoms with Crippen LogP contribution in [-0.2, 0) is 4.79 Å². The van der Waals surface area contributed by atoms with E-state index < -0.39 is 0 Å². The van der Waals surface area contributed by atoms with Gasteiger partial charge in [0.05, 0.1) is 12.9 Å². The summed E-state index contributed by atoms with van der Waals surface area (Å²) in [7, 11) is 1.65. The van der Waals surface area contributed by atoms with E-state index in [1.54, 1.807) is 18.9 Å². The zero-order chi connectivity index (χ0) is 12.5. The molecule has 0 heterocycles. The first-order valence-electron chi connectivity index (χ1n) is 6.04. The van der Waals surface area contributed by atoms with Crippen LogP contribution in [0.15, 0.2) is 29.2 Å². The van der Waals surface area contributed by atoms with Crippen LogP contribution in [0.4, 0.5) is 0 Å². The number of ketones is 1. The van der Waals surface area contributed by atoms with Crippen LogP contribution in [0.2, 0.25) is 0 Å². The molecule has 0 saturated carbocycles. The summed E-state index contributed by atoms with van der Waals surface area (Å²) >= 11 is 1.59. The van der Waals surface area contributed by atoms with E-state index in [0.717, 1.165) is 29.9 Å². The lowest BCUT2D eigenvalue weighted by molar-refractivity contribution is -0.116. The fraction of sp³-hybridized carbons (Fsp3) is 0.500. The van der Waals surface area contributed by atoms with Gasteiger partial charge in [-0.25, -0.2) is 0 Å². The fourth-order valence-corrected chi connectivity index (χ4v) is 2.35. The summed E-state index contributed by atoms with van der Waals surface area (Å²) in [5, 5.41) is 0. The quantitative estimate of drug-likeness (QED) is 0.518. The molecule has 0 radical (unpaired) electrons. The molecule has 94 valence electrons. The van der Waals surface area contributed by atoms with E-state index in [1.165, 1.54) is 0 Å². The highest BCUT2D eigenvalue weighted by Crippen LogP contribution is 2.23. The van der Waals surface area contributed by atoms with Crippen LogP contribution in [0.25, 0.3) is 0 Å². The molecular weight excluding hydrogens is 232 g/mol. The number of carbonyl (C=O) groups is 1. The van der Waals surface area contributed by atoms with Gasteiger partial charge in [-0.2, -0.15) is 0 Å². The van der Waals surface area contributed by atoms with E-state index in [4.69, 9.17) is 4.74 Å². The second-order valence-electron chi connectivity index (χ2n) is 3.96. The first-order valence-corrected chi connectivity index (χ1v) is 7.03. The first-order chi connectivity index (χ1) is 8.26.